The molecule has 7 nitrogen and oxygen atoms in total. The minimum Gasteiger partial charge on any atom is -0.326 e. The van der Waals surface area contributed by atoms with Gasteiger partial charge in [-0.1, -0.05) is 13.3 Å². The number of nitrogens with two attached hydrogens (primary N) is 1. The van der Waals surface area contributed by atoms with E-state index in [-0.39, 0.29) is 0 Å². The molecule has 14 heavy (non-hydrogen) atoms. The SMILES string of the molecule is CCCC(N)C(C(=O)NO)C(=O)NO. The van der Waals surface area contributed by atoms with Gasteiger partial charge in [-0.3, -0.25) is 20.0 Å². The zero-order valence-corrected chi connectivity index (χ0v) is 7.86. The van der Waals surface area contributed by atoms with Crippen LogP contribution >= 0.6 is 0 Å². The zero-order chi connectivity index (χ0) is 11.1. The highest BCUT2D eigenvalue weighted by Gasteiger charge is 2.31. The smallest absolute Gasteiger partial charge is 0.257 e. The molecular formula is C7H15N3O4. The molecule has 0 radical (unpaired) electrons. The van der Waals surface area contributed by atoms with Crippen molar-refractivity contribution in [3.63, 3.8) is 0 Å². The molecule has 0 fully saturated rings. The van der Waals surface area contributed by atoms with Crippen molar-refractivity contribution in [1.82, 2.24) is 11.0 Å². The van der Waals surface area contributed by atoms with E-state index in [0.29, 0.717) is 12.8 Å². The summed E-state index contributed by atoms with van der Waals surface area (Å²) in [6.45, 7) is 1.84. The Morgan fingerprint density at radius 2 is 1.71 bits per heavy atom. The van der Waals surface area contributed by atoms with Crippen LogP contribution in [0.15, 0.2) is 0 Å². The summed E-state index contributed by atoms with van der Waals surface area (Å²) in [7, 11) is 0. The van der Waals surface area contributed by atoms with Gasteiger partial charge >= 0.3 is 0 Å². The van der Waals surface area contributed by atoms with E-state index in [1.807, 2.05) is 6.92 Å². The zero-order valence-electron chi connectivity index (χ0n) is 7.86. The molecule has 0 aliphatic carbocycles. The highest BCUT2D eigenvalue weighted by Crippen LogP contribution is 2.07. The molecule has 0 aromatic heterocycles. The van der Waals surface area contributed by atoms with Gasteiger partial charge in [0.1, 0.15) is 5.92 Å². The number of amides is 2. The number of carbonyl (C=O) groups is 2. The fraction of sp³-hybridized carbons (Fsp3) is 0.714. The summed E-state index contributed by atoms with van der Waals surface area (Å²) in [5.41, 5.74) is 8.19. The molecule has 2 amide bonds. The molecule has 0 aliphatic rings. The highest BCUT2D eigenvalue weighted by molar-refractivity contribution is 6.00. The average Bonchev–Trinajstić information content (AvgIpc) is 2.17. The van der Waals surface area contributed by atoms with Gasteiger partial charge in [0, 0.05) is 6.04 Å². The Morgan fingerprint density at radius 3 is 2.00 bits per heavy atom. The van der Waals surface area contributed by atoms with Crippen LogP contribution in [-0.2, 0) is 9.59 Å². The van der Waals surface area contributed by atoms with Crippen molar-refractivity contribution in [3.05, 3.63) is 0 Å². The summed E-state index contributed by atoms with van der Waals surface area (Å²) < 4.78 is 0. The molecule has 7 heteroatoms. The van der Waals surface area contributed by atoms with Gasteiger partial charge in [0.05, 0.1) is 0 Å². The first-order valence-corrected chi connectivity index (χ1v) is 4.21. The van der Waals surface area contributed by atoms with Crippen molar-refractivity contribution in [2.45, 2.75) is 25.8 Å². The molecule has 0 bridgehead atoms. The number of hydrogen-bond donors (Lipinski definition) is 5. The fourth-order valence-electron chi connectivity index (χ4n) is 1.15. The highest BCUT2D eigenvalue weighted by atomic mass is 16.5. The third-order valence-electron chi connectivity index (χ3n) is 1.84. The van der Waals surface area contributed by atoms with Crippen LogP contribution < -0.4 is 16.7 Å². The number of carbonyl (C=O) groups excluding carboxylic acids is 2. The predicted molar refractivity (Wildman–Crippen MR) is 46.2 cm³/mol. The maximum Gasteiger partial charge on any atom is 0.257 e. The minimum absolute atomic E-state index is 0.436. The molecule has 0 aliphatic heterocycles. The Hall–Kier alpha value is -1.18. The molecule has 0 rings (SSSR count). The molecule has 6 N–H and O–H groups in total. The molecule has 0 aromatic rings. The van der Waals surface area contributed by atoms with Gasteiger partial charge in [-0.25, -0.2) is 11.0 Å². The normalized spacial score (nSPS) is 12.4. The van der Waals surface area contributed by atoms with Gasteiger partial charge in [0.15, 0.2) is 0 Å². The number of nitrogens with one attached hydrogen (secondary N) is 2. The maximum atomic E-state index is 11.0. The van der Waals surface area contributed by atoms with Crippen molar-refractivity contribution >= 4 is 11.8 Å². The van der Waals surface area contributed by atoms with Crippen LogP contribution in [0.4, 0.5) is 0 Å². The minimum atomic E-state index is -1.29. The van der Waals surface area contributed by atoms with Crippen LogP contribution in [0.5, 0.6) is 0 Å². The Bertz CT molecular complexity index is 193. The third-order valence-corrected chi connectivity index (χ3v) is 1.84. The maximum absolute atomic E-state index is 11.0. The van der Waals surface area contributed by atoms with Gasteiger partial charge < -0.3 is 5.73 Å². The fourth-order valence-corrected chi connectivity index (χ4v) is 1.15. The van der Waals surface area contributed by atoms with Gasteiger partial charge in [-0.05, 0) is 6.42 Å². The van der Waals surface area contributed by atoms with Crippen molar-refractivity contribution in [3.8, 4) is 0 Å². The van der Waals surface area contributed by atoms with E-state index in [9.17, 15) is 9.59 Å². The van der Waals surface area contributed by atoms with Crippen LogP contribution in [0.2, 0.25) is 0 Å². The Labute approximate surface area is 81.2 Å². The summed E-state index contributed by atoms with van der Waals surface area (Å²) in [4.78, 5) is 22.0. The molecule has 0 heterocycles. The summed E-state index contributed by atoms with van der Waals surface area (Å²) in [6, 6.07) is -0.737. The van der Waals surface area contributed by atoms with Gasteiger partial charge in [-0.2, -0.15) is 0 Å². The molecule has 0 spiro atoms. The van der Waals surface area contributed by atoms with Crippen molar-refractivity contribution in [2.24, 2.45) is 11.7 Å². The lowest BCUT2D eigenvalue weighted by Gasteiger charge is -2.19. The molecule has 1 unspecified atom stereocenters. The topological polar surface area (TPSA) is 125 Å². The Morgan fingerprint density at radius 1 is 1.29 bits per heavy atom. The van der Waals surface area contributed by atoms with Gasteiger partial charge in [-0.15, -0.1) is 0 Å². The van der Waals surface area contributed by atoms with Crippen LogP contribution in [0, 0.1) is 5.92 Å². The van der Waals surface area contributed by atoms with Crippen LogP contribution in [0.1, 0.15) is 19.8 Å². The standard InChI is InChI=1S/C7H15N3O4/c1-2-3-4(8)5(6(11)9-13)7(12)10-14/h4-5,13-14H,2-3,8H2,1H3,(H,9,11)(H,10,12). The summed E-state index contributed by atoms with van der Waals surface area (Å²) in [6.07, 6.45) is 1.13. The first-order chi connectivity index (χ1) is 6.58. The average molecular weight is 205 g/mol. The second kappa shape index (κ2) is 6.30. The van der Waals surface area contributed by atoms with Gasteiger partial charge in [0.25, 0.3) is 11.8 Å². The van der Waals surface area contributed by atoms with E-state index in [2.05, 4.69) is 0 Å². The van der Waals surface area contributed by atoms with Crippen LogP contribution in [-0.4, -0.2) is 28.3 Å². The molecule has 1 atom stereocenters. The van der Waals surface area contributed by atoms with E-state index in [4.69, 9.17) is 16.1 Å². The largest absolute Gasteiger partial charge is 0.326 e. The number of hydroxylamine groups is 2. The van der Waals surface area contributed by atoms with E-state index in [0.717, 1.165) is 0 Å². The van der Waals surface area contributed by atoms with Crippen LogP contribution in [0.3, 0.4) is 0 Å². The van der Waals surface area contributed by atoms with E-state index in [1.54, 1.807) is 0 Å². The second-order valence-corrected chi connectivity index (χ2v) is 2.88. The van der Waals surface area contributed by atoms with Crippen molar-refractivity contribution < 1.29 is 20.0 Å². The quantitative estimate of drug-likeness (QED) is 0.218. The molecule has 0 saturated heterocycles. The van der Waals surface area contributed by atoms with Crippen molar-refractivity contribution in [1.29, 1.82) is 0 Å². The van der Waals surface area contributed by atoms with Gasteiger partial charge in [0.2, 0.25) is 0 Å². The second-order valence-electron chi connectivity index (χ2n) is 2.88. The molecular weight excluding hydrogens is 190 g/mol. The first-order valence-electron chi connectivity index (χ1n) is 4.21. The predicted octanol–water partition coefficient (Wildman–Crippen LogP) is -1.26. The Balaban J connectivity index is 4.54. The monoisotopic (exact) mass is 205 g/mol. The number of rotatable bonds is 5. The van der Waals surface area contributed by atoms with E-state index >= 15 is 0 Å². The molecule has 82 valence electrons. The van der Waals surface area contributed by atoms with E-state index < -0.39 is 23.8 Å². The summed E-state index contributed by atoms with van der Waals surface area (Å²) in [5, 5.41) is 16.7. The summed E-state index contributed by atoms with van der Waals surface area (Å²) in [5.74, 6) is -3.15. The molecule has 0 saturated carbocycles. The summed E-state index contributed by atoms with van der Waals surface area (Å²) >= 11 is 0. The first kappa shape index (κ1) is 12.8. The molecule has 0 aromatic carbocycles. The lowest BCUT2D eigenvalue weighted by molar-refractivity contribution is -0.145. The Kier molecular flexibility index (Phi) is 5.77. The lowest BCUT2D eigenvalue weighted by Crippen LogP contribution is -2.49. The van der Waals surface area contributed by atoms with Crippen LogP contribution in [0.25, 0.3) is 0 Å². The number of hydrogen-bond acceptors (Lipinski definition) is 5. The third kappa shape index (κ3) is 3.29. The van der Waals surface area contributed by atoms with E-state index in [1.165, 1.54) is 11.0 Å². The van der Waals surface area contributed by atoms with Crippen molar-refractivity contribution in [2.75, 3.05) is 0 Å². The lowest BCUT2D eigenvalue weighted by atomic mass is 9.95.